The van der Waals surface area contributed by atoms with Crippen LogP contribution in [0.15, 0.2) is 128 Å². The van der Waals surface area contributed by atoms with Gasteiger partial charge in [-0.15, -0.1) is 0 Å². The van der Waals surface area contributed by atoms with Crippen LogP contribution in [-0.4, -0.2) is 9.55 Å². The molecule has 0 N–H and O–H groups in total. The summed E-state index contributed by atoms with van der Waals surface area (Å²) < 4.78 is 2.20. The molecule has 2 aromatic heterocycles. The average Bonchev–Trinajstić information content (AvgIpc) is 3.41. The third-order valence-electron chi connectivity index (χ3n) is 7.86. The second-order valence-electron chi connectivity index (χ2n) is 10.2. The Labute approximate surface area is 248 Å². The molecule has 198 valence electrons. The molecule has 43 heavy (non-hydrogen) atoms. The second kappa shape index (κ2) is 10.5. The molecule has 0 amide bonds. The standard InChI is InChI=1S/C38H21N5/c39-22-28-5-1-3-7-32(28)26-10-13-37-35(19-26)36-20-27(33-8-4-2-6-29(33)23-40)11-14-38(36)43(37)31-12-9-30(24-41)34(21-31)25-15-17-42-18-16-25/h1-21H. The lowest BCUT2D eigenvalue weighted by molar-refractivity contribution is 1.18. The summed E-state index contributed by atoms with van der Waals surface area (Å²) in [4.78, 5) is 4.14. The molecule has 0 bridgehead atoms. The number of aromatic nitrogens is 2. The second-order valence-corrected chi connectivity index (χ2v) is 10.2. The van der Waals surface area contributed by atoms with Crippen molar-refractivity contribution in [2.45, 2.75) is 0 Å². The maximum Gasteiger partial charge on any atom is 0.0998 e. The van der Waals surface area contributed by atoms with Gasteiger partial charge >= 0.3 is 0 Å². The summed E-state index contributed by atoms with van der Waals surface area (Å²) in [6.45, 7) is 0. The van der Waals surface area contributed by atoms with Crippen LogP contribution in [0.25, 0.3) is 60.9 Å². The van der Waals surface area contributed by atoms with Crippen molar-refractivity contribution in [3.63, 3.8) is 0 Å². The van der Waals surface area contributed by atoms with E-state index < -0.39 is 0 Å². The van der Waals surface area contributed by atoms with Crippen LogP contribution in [0, 0.1) is 34.0 Å². The SMILES string of the molecule is N#Cc1ccccc1-c1ccc2c(c1)c1cc(-c3ccccc3C#N)ccc1n2-c1ccc(C#N)c(-c2ccncc2)c1. The molecule has 5 nitrogen and oxygen atoms in total. The molecule has 0 saturated carbocycles. The Hall–Kier alpha value is -6.48. The summed E-state index contributed by atoms with van der Waals surface area (Å²) in [5.41, 5.74) is 10.1. The highest BCUT2D eigenvalue weighted by atomic mass is 15.0. The van der Waals surface area contributed by atoms with Gasteiger partial charge in [-0.25, -0.2) is 0 Å². The van der Waals surface area contributed by atoms with Crippen LogP contribution in [-0.2, 0) is 0 Å². The number of pyridine rings is 1. The van der Waals surface area contributed by atoms with Crippen LogP contribution in [0.2, 0.25) is 0 Å². The van der Waals surface area contributed by atoms with Crippen molar-refractivity contribution in [3.05, 3.63) is 144 Å². The zero-order valence-electron chi connectivity index (χ0n) is 22.9. The number of nitriles is 3. The molecule has 0 aliphatic carbocycles. The fraction of sp³-hybridized carbons (Fsp3) is 0. The largest absolute Gasteiger partial charge is 0.309 e. The number of hydrogen-bond donors (Lipinski definition) is 0. The minimum atomic E-state index is 0.585. The fourth-order valence-corrected chi connectivity index (χ4v) is 5.84. The molecule has 5 aromatic carbocycles. The zero-order valence-corrected chi connectivity index (χ0v) is 22.9. The van der Waals surface area contributed by atoms with Gasteiger partial charge in [0.15, 0.2) is 0 Å². The minimum absolute atomic E-state index is 0.585. The Morgan fingerprint density at radius 2 is 0.977 bits per heavy atom. The highest BCUT2D eigenvalue weighted by Crippen LogP contribution is 2.39. The van der Waals surface area contributed by atoms with Crippen molar-refractivity contribution in [2.24, 2.45) is 0 Å². The molecule has 0 spiro atoms. The first kappa shape index (κ1) is 25.5. The van der Waals surface area contributed by atoms with E-state index in [1.807, 2.05) is 91.0 Å². The summed E-state index contributed by atoms with van der Waals surface area (Å²) in [5.74, 6) is 0. The van der Waals surface area contributed by atoms with E-state index in [4.69, 9.17) is 0 Å². The van der Waals surface area contributed by atoms with E-state index in [-0.39, 0.29) is 0 Å². The van der Waals surface area contributed by atoms with Gasteiger partial charge in [-0.05, 0) is 94.5 Å². The fourth-order valence-electron chi connectivity index (χ4n) is 5.84. The molecule has 0 atom stereocenters. The van der Waals surface area contributed by atoms with Gasteiger partial charge in [0, 0.05) is 34.4 Å². The van der Waals surface area contributed by atoms with E-state index in [1.54, 1.807) is 12.4 Å². The van der Waals surface area contributed by atoms with E-state index >= 15 is 0 Å². The predicted octanol–water partition coefficient (Wildman–Crippen LogP) is 8.79. The average molecular weight is 548 g/mol. The van der Waals surface area contributed by atoms with Gasteiger partial charge in [0.25, 0.3) is 0 Å². The summed E-state index contributed by atoms with van der Waals surface area (Å²) >= 11 is 0. The van der Waals surface area contributed by atoms with Gasteiger partial charge in [0.05, 0.1) is 45.9 Å². The lowest BCUT2D eigenvalue weighted by Crippen LogP contribution is -1.96. The maximum absolute atomic E-state index is 9.89. The van der Waals surface area contributed by atoms with Crippen molar-refractivity contribution < 1.29 is 0 Å². The first-order chi connectivity index (χ1) is 21.2. The van der Waals surface area contributed by atoms with Crippen LogP contribution < -0.4 is 0 Å². The molecule has 7 rings (SSSR count). The van der Waals surface area contributed by atoms with Crippen molar-refractivity contribution in [2.75, 3.05) is 0 Å². The molecule has 0 saturated heterocycles. The first-order valence-corrected chi connectivity index (χ1v) is 13.7. The summed E-state index contributed by atoms with van der Waals surface area (Å²) in [7, 11) is 0. The van der Waals surface area contributed by atoms with Crippen molar-refractivity contribution in [1.29, 1.82) is 15.8 Å². The Bertz CT molecular complexity index is 2210. The van der Waals surface area contributed by atoms with Gasteiger partial charge < -0.3 is 4.57 Å². The zero-order chi connectivity index (χ0) is 29.3. The van der Waals surface area contributed by atoms with Crippen LogP contribution in [0.4, 0.5) is 0 Å². The van der Waals surface area contributed by atoms with Crippen LogP contribution in [0.5, 0.6) is 0 Å². The van der Waals surface area contributed by atoms with E-state index in [0.29, 0.717) is 16.7 Å². The highest BCUT2D eigenvalue weighted by Gasteiger charge is 2.17. The third-order valence-corrected chi connectivity index (χ3v) is 7.86. The Kier molecular flexibility index (Phi) is 6.22. The van der Waals surface area contributed by atoms with Crippen molar-refractivity contribution >= 4 is 21.8 Å². The van der Waals surface area contributed by atoms with E-state index in [2.05, 4.69) is 52.0 Å². The van der Waals surface area contributed by atoms with Crippen LogP contribution in [0.1, 0.15) is 16.7 Å². The third kappa shape index (κ3) is 4.28. The molecule has 0 fully saturated rings. The number of nitrogens with zero attached hydrogens (tertiary/aromatic N) is 5. The topological polar surface area (TPSA) is 89.2 Å². The van der Waals surface area contributed by atoms with Gasteiger partial charge in [0.2, 0.25) is 0 Å². The monoisotopic (exact) mass is 547 g/mol. The number of rotatable bonds is 4. The van der Waals surface area contributed by atoms with E-state index in [0.717, 1.165) is 60.9 Å². The maximum atomic E-state index is 9.89. The van der Waals surface area contributed by atoms with Gasteiger partial charge in [-0.2, -0.15) is 15.8 Å². The van der Waals surface area contributed by atoms with Crippen LogP contribution in [0.3, 0.4) is 0 Å². The molecule has 0 aliphatic rings. The molecule has 7 aromatic rings. The smallest absolute Gasteiger partial charge is 0.0998 e. The van der Waals surface area contributed by atoms with Crippen molar-refractivity contribution in [1.82, 2.24) is 9.55 Å². The molecular weight excluding hydrogens is 526 g/mol. The number of hydrogen-bond acceptors (Lipinski definition) is 4. The predicted molar refractivity (Wildman–Crippen MR) is 169 cm³/mol. The molecule has 2 heterocycles. The molecular formula is C38H21N5. The quantitative estimate of drug-likeness (QED) is 0.220. The van der Waals surface area contributed by atoms with Gasteiger partial charge in [0.1, 0.15) is 0 Å². The van der Waals surface area contributed by atoms with E-state index in [9.17, 15) is 15.8 Å². The minimum Gasteiger partial charge on any atom is -0.309 e. The Morgan fingerprint density at radius 3 is 1.51 bits per heavy atom. The van der Waals surface area contributed by atoms with Gasteiger partial charge in [-0.1, -0.05) is 48.5 Å². The normalized spacial score (nSPS) is 10.7. The summed E-state index contributed by atoms with van der Waals surface area (Å²) in [6, 6.07) is 44.4. The summed E-state index contributed by atoms with van der Waals surface area (Å²) in [6.07, 6.45) is 3.45. The summed E-state index contributed by atoms with van der Waals surface area (Å²) in [5, 5.41) is 31.5. The lowest BCUT2D eigenvalue weighted by Gasteiger charge is -2.12. The van der Waals surface area contributed by atoms with E-state index in [1.165, 1.54) is 0 Å². The molecule has 0 radical (unpaired) electrons. The first-order valence-electron chi connectivity index (χ1n) is 13.7. The van der Waals surface area contributed by atoms with Crippen molar-refractivity contribution in [3.8, 4) is 57.3 Å². The molecule has 0 unspecified atom stereocenters. The highest BCUT2D eigenvalue weighted by molar-refractivity contribution is 6.12. The Morgan fingerprint density at radius 1 is 0.465 bits per heavy atom. The van der Waals surface area contributed by atoms with Crippen LogP contribution >= 0.6 is 0 Å². The number of fused-ring (bicyclic) bond motifs is 3. The molecule has 0 aliphatic heterocycles. The lowest BCUT2D eigenvalue weighted by atomic mass is 9.96. The number of benzene rings is 5. The molecule has 5 heteroatoms. The Balaban J connectivity index is 1.53. The van der Waals surface area contributed by atoms with Gasteiger partial charge in [-0.3, -0.25) is 4.98 Å².